The van der Waals surface area contributed by atoms with Crippen molar-refractivity contribution < 1.29 is 4.74 Å². The van der Waals surface area contributed by atoms with E-state index in [2.05, 4.69) is 16.9 Å². The van der Waals surface area contributed by atoms with Crippen LogP contribution >= 0.6 is 0 Å². The van der Waals surface area contributed by atoms with E-state index in [1.807, 2.05) is 0 Å². The summed E-state index contributed by atoms with van der Waals surface area (Å²) in [5.41, 5.74) is 0.604. The third-order valence-corrected chi connectivity index (χ3v) is 2.03. The van der Waals surface area contributed by atoms with Gasteiger partial charge in [0.1, 0.15) is 11.9 Å². The summed E-state index contributed by atoms with van der Waals surface area (Å²) in [6.45, 7) is 3.87. The number of aryl methyl sites for hydroxylation is 1. The first kappa shape index (κ1) is 10.9. The Balaban J connectivity index is 2.97. The number of aromatic nitrogens is 2. The van der Waals surface area contributed by atoms with E-state index < -0.39 is 0 Å². The summed E-state index contributed by atoms with van der Waals surface area (Å²) in [6.07, 6.45) is 1.76. The van der Waals surface area contributed by atoms with Crippen LogP contribution in [0.2, 0.25) is 0 Å². The number of nitrogens with zero attached hydrogens (tertiary/aromatic N) is 1. The first-order valence-electron chi connectivity index (χ1n) is 4.78. The Morgan fingerprint density at radius 2 is 2.36 bits per heavy atom. The molecule has 4 nitrogen and oxygen atoms in total. The van der Waals surface area contributed by atoms with Crippen LogP contribution in [0, 0.1) is 6.92 Å². The zero-order valence-electron chi connectivity index (χ0n) is 8.83. The van der Waals surface area contributed by atoms with Crippen LogP contribution in [-0.2, 0) is 4.74 Å². The minimum atomic E-state index is -0.120. The largest absolute Gasteiger partial charge is 0.374 e. The minimum Gasteiger partial charge on any atom is -0.374 e. The molecule has 0 saturated heterocycles. The van der Waals surface area contributed by atoms with Crippen molar-refractivity contribution in [2.24, 2.45) is 0 Å². The number of methoxy groups -OCH3 is 1. The highest BCUT2D eigenvalue weighted by Gasteiger charge is 2.12. The van der Waals surface area contributed by atoms with Gasteiger partial charge in [-0.3, -0.25) is 4.79 Å². The van der Waals surface area contributed by atoms with Crippen LogP contribution in [0.15, 0.2) is 10.9 Å². The van der Waals surface area contributed by atoms with E-state index in [1.54, 1.807) is 14.0 Å². The molecule has 1 heterocycles. The van der Waals surface area contributed by atoms with Crippen LogP contribution in [0.25, 0.3) is 0 Å². The van der Waals surface area contributed by atoms with Crippen molar-refractivity contribution in [3.63, 3.8) is 0 Å². The zero-order valence-corrected chi connectivity index (χ0v) is 8.83. The van der Waals surface area contributed by atoms with Crippen LogP contribution in [0.4, 0.5) is 0 Å². The van der Waals surface area contributed by atoms with Gasteiger partial charge < -0.3 is 9.72 Å². The second kappa shape index (κ2) is 4.91. The predicted molar refractivity (Wildman–Crippen MR) is 54.3 cm³/mol. The van der Waals surface area contributed by atoms with E-state index in [4.69, 9.17) is 4.74 Å². The van der Waals surface area contributed by atoms with E-state index in [9.17, 15) is 4.79 Å². The molecule has 0 aromatic carbocycles. The van der Waals surface area contributed by atoms with Crippen LogP contribution < -0.4 is 5.56 Å². The van der Waals surface area contributed by atoms with Crippen molar-refractivity contribution in [3.8, 4) is 0 Å². The number of hydrogen-bond donors (Lipinski definition) is 1. The number of aromatic amines is 1. The highest BCUT2D eigenvalue weighted by Crippen LogP contribution is 2.16. The molecule has 1 N–H and O–H groups in total. The monoisotopic (exact) mass is 196 g/mol. The summed E-state index contributed by atoms with van der Waals surface area (Å²) in [5, 5.41) is 0. The number of ether oxygens (including phenoxy) is 1. The first-order chi connectivity index (χ1) is 6.67. The van der Waals surface area contributed by atoms with Crippen molar-refractivity contribution in [3.05, 3.63) is 27.9 Å². The van der Waals surface area contributed by atoms with Crippen molar-refractivity contribution in [2.45, 2.75) is 32.8 Å². The fourth-order valence-electron chi connectivity index (χ4n) is 1.38. The van der Waals surface area contributed by atoms with Crippen LogP contribution in [-0.4, -0.2) is 17.1 Å². The molecule has 1 atom stereocenters. The molecule has 0 bridgehead atoms. The Morgan fingerprint density at radius 1 is 1.64 bits per heavy atom. The van der Waals surface area contributed by atoms with E-state index in [1.165, 1.54) is 6.07 Å². The number of hydrogen-bond acceptors (Lipinski definition) is 3. The van der Waals surface area contributed by atoms with Gasteiger partial charge in [0.25, 0.3) is 5.56 Å². The molecular formula is C10H16N2O2. The lowest BCUT2D eigenvalue weighted by atomic mass is 10.2. The lowest BCUT2D eigenvalue weighted by Crippen LogP contribution is -2.15. The Bertz CT molecular complexity index is 346. The summed E-state index contributed by atoms with van der Waals surface area (Å²) >= 11 is 0. The zero-order chi connectivity index (χ0) is 10.6. The van der Waals surface area contributed by atoms with Gasteiger partial charge in [-0.05, 0) is 13.3 Å². The molecule has 0 fully saturated rings. The molecule has 0 spiro atoms. The third-order valence-electron chi connectivity index (χ3n) is 2.03. The number of H-pyrrole nitrogens is 1. The lowest BCUT2D eigenvalue weighted by Gasteiger charge is -2.13. The van der Waals surface area contributed by atoms with Crippen molar-refractivity contribution >= 4 is 0 Å². The van der Waals surface area contributed by atoms with E-state index in [0.29, 0.717) is 5.82 Å². The quantitative estimate of drug-likeness (QED) is 0.795. The Labute approximate surface area is 83.3 Å². The van der Waals surface area contributed by atoms with Crippen molar-refractivity contribution in [2.75, 3.05) is 7.11 Å². The molecular weight excluding hydrogens is 180 g/mol. The van der Waals surface area contributed by atoms with Crippen LogP contribution in [0.5, 0.6) is 0 Å². The minimum absolute atomic E-state index is 0.104. The smallest absolute Gasteiger partial charge is 0.251 e. The first-order valence-corrected chi connectivity index (χ1v) is 4.78. The standard InChI is InChI=1S/C10H16N2O2/c1-4-5-8(14-3)10-11-7(2)6-9(13)12-10/h6,8H,4-5H2,1-3H3,(H,11,12,13). The molecule has 14 heavy (non-hydrogen) atoms. The highest BCUT2D eigenvalue weighted by atomic mass is 16.5. The fraction of sp³-hybridized carbons (Fsp3) is 0.600. The average Bonchev–Trinajstić information content (AvgIpc) is 2.12. The number of nitrogens with one attached hydrogen (secondary N) is 1. The molecule has 0 radical (unpaired) electrons. The summed E-state index contributed by atoms with van der Waals surface area (Å²) in [7, 11) is 1.63. The van der Waals surface area contributed by atoms with Gasteiger partial charge in [0, 0.05) is 18.9 Å². The molecule has 0 aliphatic carbocycles. The van der Waals surface area contributed by atoms with Gasteiger partial charge in [-0.2, -0.15) is 0 Å². The number of rotatable bonds is 4. The van der Waals surface area contributed by atoms with E-state index >= 15 is 0 Å². The molecule has 1 rings (SSSR count). The fourth-order valence-corrected chi connectivity index (χ4v) is 1.38. The van der Waals surface area contributed by atoms with Gasteiger partial charge in [-0.15, -0.1) is 0 Å². The second-order valence-corrected chi connectivity index (χ2v) is 3.29. The Hall–Kier alpha value is -1.16. The summed E-state index contributed by atoms with van der Waals surface area (Å²) in [4.78, 5) is 18.1. The molecule has 0 saturated carbocycles. The van der Waals surface area contributed by atoms with Crippen molar-refractivity contribution in [1.29, 1.82) is 0 Å². The molecule has 78 valence electrons. The van der Waals surface area contributed by atoms with Gasteiger partial charge in [0.2, 0.25) is 0 Å². The molecule has 0 amide bonds. The summed E-state index contributed by atoms with van der Waals surface area (Å²) in [6, 6.07) is 1.47. The van der Waals surface area contributed by atoms with E-state index in [-0.39, 0.29) is 11.7 Å². The maximum absolute atomic E-state index is 11.2. The van der Waals surface area contributed by atoms with Gasteiger partial charge in [0.15, 0.2) is 0 Å². The van der Waals surface area contributed by atoms with Crippen LogP contribution in [0.3, 0.4) is 0 Å². The van der Waals surface area contributed by atoms with Gasteiger partial charge >= 0.3 is 0 Å². The Kier molecular flexibility index (Phi) is 3.83. The highest BCUT2D eigenvalue weighted by molar-refractivity contribution is 5.02. The van der Waals surface area contributed by atoms with Crippen molar-refractivity contribution in [1.82, 2.24) is 9.97 Å². The topological polar surface area (TPSA) is 55.0 Å². The average molecular weight is 196 g/mol. The molecule has 1 aromatic rings. The van der Waals surface area contributed by atoms with Crippen LogP contribution in [0.1, 0.15) is 37.4 Å². The predicted octanol–water partition coefficient (Wildman–Crippen LogP) is 1.57. The van der Waals surface area contributed by atoms with Gasteiger partial charge in [0.05, 0.1) is 0 Å². The Morgan fingerprint density at radius 3 is 2.86 bits per heavy atom. The summed E-state index contributed by atoms with van der Waals surface area (Å²) < 4.78 is 5.25. The SMILES string of the molecule is CCCC(OC)c1nc(C)cc(=O)[nH]1. The maximum Gasteiger partial charge on any atom is 0.251 e. The van der Waals surface area contributed by atoms with E-state index in [0.717, 1.165) is 18.5 Å². The maximum atomic E-state index is 11.2. The molecule has 0 aliphatic heterocycles. The second-order valence-electron chi connectivity index (χ2n) is 3.29. The normalized spacial score (nSPS) is 12.8. The molecule has 1 aromatic heterocycles. The lowest BCUT2D eigenvalue weighted by molar-refractivity contribution is 0.0872. The third kappa shape index (κ3) is 2.67. The van der Waals surface area contributed by atoms with Gasteiger partial charge in [-0.1, -0.05) is 13.3 Å². The van der Waals surface area contributed by atoms with Gasteiger partial charge in [-0.25, -0.2) is 4.98 Å². The summed E-state index contributed by atoms with van der Waals surface area (Å²) in [5.74, 6) is 0.624. The molecule has 0 aliphatic rings. The molecule has 4 heteroatoms. The molecule has 1 unspecified atom stereocenters.